The molecular weight excluding hydrogens is 242 g/mol. The van der Waals surface area contributed by atoms with Crippen molar-refractivity contribution in [1.82, 2.24) is 4.90 Å². The van der Waals surface area contributed by atoms with Crippen LogP contribution in [0.1, 0.15) is 51.9 Å². The highest BCUT2D eigenvalue weighted by Crippen LogP contribution is 2.39. The molecule has 1 aliphatic carbocycles. The maximum atomic E-state index is 8.73. The van der Waals surface area contributed by atoms with Gasteiger partial charge in [-0.25, -0.2) is 0 Å². The van der Waals surface area contributed by atoms with Gasteiger partial charge < -0.3 is 15.7 Å². The van der Waals surface area contributed by atoms with Gasteiger partial charge in [-0.1, -0.05) is 31.3 Å². The highest BCUT2D eigenvalue weighted by molar-refractivity contribution is 5.81. The second-order valence-electron chi connectivity index (χ2n) is 5.89. The molecule has 110 valence electrons. The average Bonchev–Trinajstić information content (AvgIpc) is 2.45. The monoisotopic (exact) mass is 269 g/mol. The molecule has 0 radical (unpaired) electrons. The first-order chi connectivity index (χ1) is 9.19. The third-order valence-electron chi connectivity index (χ3n) is 4.65. The molecule has 0 aromatic carbocycles. The zero-order valence-corrected chi connectivity index (χ0v) is 12.0. The third kappa shape index (κ3) is 3.60. The molecule has 0 bridgehead atoms. The number of oxime groups is 1. The molecule has 2 rings (SSSR count). The minimum absolute atomic E-state index is 0.111. The lowest BCUT2D eigenvalue weighted by Crippen LogP contribution is -2.51. The second kappa shape index (κ2) is 6.57. The highest BCUT2D eigenvalue weighted by atomic mass is 16.5. The van der Waals surface area contributed by atoms with E-state index in [1.807, 2.05) is 0 Å². The molecule has 1 saturated heterocycles. The van der Waals surface area contributed by atoms with E-state index in [4.69, 9.17) is 15.7 Å². The fraction of sp³-hybridized carbons (Fsp3) is 0.929. The van der Waals surface area contributed by atoms with E-state index < -0.39 is 0 Å². The van der Waals surface area contributed by atoms with Crippen LogP contribution in [-0.2, 0) is 4.74 Å². The number of hydrogen-bond acceptors (Lipinski definition) is 4. The lowest BCUT2D eigenvalue weighted by atomic mass is 9.78. The average molecular weight is 269 g/mol. The van der Waals surface area contributed by atoms with E-state index in [-0.39, 0.29) is 5.60 Å². The summed E-state index contributed by atoms with van der Waals surface area (Å²) in [5, 5.41) is 11.8. The number of rotatable bonds is 4. The van der Waals surface area contributed by atoms with E-state index in [1.54, 1.807) is 0 Å². The van der Waals surface area contributed by atoms with Crippen molar-refractivity contribution >= 4 is 5.84 Å². The first kappa shape index (κ1) is 14.6. The number of nitrogens with two attached hydrogens (primary N) is 1. The zero-order chi connectivity index (χ0) is 13.7. The molecule has 1 unspecified atom stereocenters. The van der Waals surface area contributed by atoms with Gasteiger partial charge in [0.1, 0.15) is 0 Å². The Balaban J connectivity index is 1.98. The molecule has 1 spiro atoms. The summed E-state index contributed by atoms with van der Waals surface area (Å²) in [5.41, 5.74) is 5.76. The summed E-state index contributed by atoms with van der Waals surface area (Å²) >= 11 is 0. The van der Waals surface area contributed by atoms with Gasteiger partial charge in [-0.2, -0.15) is 0 Å². The quantitative estimate of drug-likeness (QED) is 0.354. The first-order valence-electron chi connectivity index (χ1n) is 7.53. The Kier molecular flexibility index (Phi) is 5.05. The minimum Gasteiger partial charge on any atom is -0.409 e. The van der Waals surface area contributed by atoms with Crippen molar-refractivity contribution in [3.63, 3.8) is 0 Å². The number of likely N-dealkylation sites (N-methyl/N-ethyl adjacent to an activating group) is 1. The second-order valence-corrected chi connectivity index (χ2v) is 5.89. The van der Waals surface area contributed by atoms with Gasteiger partial charge in [0.15, 0.2) is 5.84 Å². The van der Waals surface area contributed by atoms with Crippen LogP contribution in [0.3, 0.4) is 0 Å². The predicted molar refractivity (Wildman–Crippen MR) is 75.4 cm³/mol. The van der Waals surface area contributed by atoms with Crippen molar-refractivity contribution in [1.29, 1.82) is 0 Å². The zero-order valence-electron chi connectivity index (χ0n) is 12.0. The van der Waals surface area contributed by atoms with E-state index in [9.17, 15) is 0 Å². The summed E-state index contributed by atoms with van der Waals surface area (Å²) in [6, 6.07) is 0.497. The molecule has 19 heavy (non-hydrogen) atoms. The van der Waals surface area contributed by atoms with E-state index in [2.05, 4.69) is 17.0 Å². The molecule has 2 fully saturated rings. The Hall–Kier alpha value is -0.810. The maximum Gasteiger partial charge on any atom is 0.153 e. The molecule has 1 aliphatic heterocycles. The molecule has 3 N–H and O–H groups in total. The van der Waals surface area contributed by atoms with Crippen molar-refractivity contribution in [2.24, 2.45) is 10.9 Å². The highest BCUT2D eigenvalue weighted by Gasteiger charge is 2.39. The van der Waals surface area contributed by atoms with Crippen LogP contribution >= 0.6 is 0 Å². The fourth-order valence-corrected chi connectivity index (χ4v) is 3.60. The van der Waals surface area contributed by atoms with Gasteiger partial charge in [0.2, 0.25) is 0 Å². The summed E-state index contributed by atoms with van der Waals surface area (Å²) < 4.78 is 6.13. The normalized spacial score (nSPS) is 27.9. The van der Waals surface area contributed by atoms with Crippen molar-refractivity contribution in [2.45, 2.75) is 63.5 Å². The van der Waals surface area contributed by atoms with Gasteiger partial charge in [0, 0.05) is 12.6 Å². The Bertz CT molecular complexity index is 308. The van der Waals surface area contributed by atoms with Crippen molar-refractivity contribution < 1.29 is 9.94 Å². The molecule has 0 amide bonds. The topological polar surface area (TPSA) is 71.1 Å². The SMILES string of the molecule is CCN(CC(N)=NO)C1CCOC2(CCCCC2)C1. The largest absolute Gasteiger partial charge is 0.409 e. The van der Waals surface area contributed by atoms with Crippen LogP contribution in [0.4, 0.5) is 0 Å². The Morgan fingerprint density at radius 2 is 2.16 bits per heavy atom. The summed E-state index contributed by atoms with van der Waals surface area (Å²) in [6.45, 7) is 4.45. The predicted octanol–water partition coefficient (Wildman–Crippen LogP) is 1.94. The molecule has 2 aliphatic rings. The molecule has 1 atom stereocenters. The molecule has 5 nitrogen and oxygen atoms in total. The molecular formula is C14H27N3O2. The summed E-state index contributed by atoms with van der Waals surface area (Å²) in [5.74, 6) is 0.297. The van der Waals surface area contributed by atoms with Crippen molar-refractivity contribution in [2.75, 3.05) is 19.7 Å². The van der Waals surface area contributed by atoms with Gasteiger partial charge in [0.25, 0.3) is 0 Å². The van der Waals surface area contributed by atoms with Gasteiger partial charge >= 0.3 is 0 Å². The van der Waals surface area contributed by atoms with Crippen molar-refractivity contribution in [3.8, 4) is 0 Å². The van der Waals surface area contributed by atoms with Crippen LogP contribution in [0.25, 0.3) is 0 Å². The maximum absolute atomic E-state index is 8.73. The van der Waals surface area contributed by atoms with Crippen LogP contribution < -0.4 is 5.73 Å². The number of amidine groups is 1. The fourth-order valence-electron chi connectivity index (χ4n) is 3.60. The number of ether oxygens (including phenoxy) is 1. The lowest BCUT2D eigenvalue weighted by molar-refractivity contribution is -0.122. The van der Waals surface area contributed by atoms with Gasteiger partial charge in [-0.3, -0.25) is 4.90 Å². The van der Waals surface area contributed by atoms with Crippen LogP contribution in [0.5, 0.6) is 0 Å². The van der Waals surface area contributed by atoms with E-state index >= 15 is 0 Å². The van der Waals surface area contributed by atoms with E-state index in [0.29, 0.717) is 18.4 Å². The number of nitrogens with zero attached hydrogens (tertiary/aromatic N) is 2. The summed E-state index contributed by atoms with van der Waals surface area (Å²) in [4.78, 5) is 2.31. The van der Waals surface area contributed by atoms with Crippen LogP contribution in [0.15, 0.2) is 5.16 Å². The first-order valence-corrected chi connectivity index (χ1v) is 7.53. The van der Waals surface area contributed by atoms with Gasteiger partial charge in [-0.15, -0.1) is 0 Å². The number of hydrogen-bond donors (Lipinski definition) is 2. The Morgan fingerprint density at radius 1 is 1.42 bits per heavy atom. The van der Waals surface area contributed by atoms with E-state index in [1.165, 1.54) is 32.1 Å². The standard InChI is InChI=1S/C14H27N3O2/c1-2-17(11-13(15)16-18)12-6-9-19-14(10-12)7-4-3-5-8-14/h12,18H,2-11H2,1H3,(H2,15,16). The smallest absolute Gasteiger partial charge is 0.153 e. The molecule has 1 saturated carbocycles. The summed E-state index contributed by atoms with van der Waals surface area (Å²) in [6.07, 6.45) is 8.47. The van der Waals surface area contributed by atoms with Crippen LogP contribution in [-0.4, -0.2) is 47.3 Å². The van der Waals surface area contributed by atoms with Gasteiger partial charge in [-0.05, 0) is 32.2 Å². The lowest BCUT2D eigenvalue weighted by Gasteiger charge is -2.46. The molecule has 1 heterocycles. The third-order valence-corrected chi connectivity index (χ3v) is 4.65. The molecule has 5 heteroatoms. The van der Waals surface area contributed by atoms with Gasteiger partial charge in [0.05, 0.1) is 12.1 Å². The molecule has 0 aromatic rings. The molecule has 0 aromatic heterocycles. The van der Waals surface area contributed by atoms with Crippen LogP contribution in [0, 0.1) is 0 Å². The minimum atomic E-state index is 0.111. The van der Waals surface area contributed by atoms with Crippen molar-refractivity contribution in [3.05, 3.63) is 0 Å². The van der Waals surface area contributed by atoms with E-state index in [0.717, 1.165) is 26.0 Å². The Labute approximate surface area is 115 Å². The van der Waals surface area contributed by atoms with Crippen LogP contribution in [0.2, 0.25) is 0 Å². The Morgan fingerprint density at radius 3 is 2.79 bits per heavy atom. The summed E-state index contributed by atoms with van der Waals surface area (Å²) in [7, 11) is 0.